The molecule has 194 valence electrons. The van der Waals surface area contributed by atoms with Crippen LogP contribution < -0.4 is 0 Å². The zero-order valence-electron chi connectivity index (χ0n) is 22.0. The van der Waals surface area contributed by atoms with Gasteiger partial charge in [-0.3, -0.25) is 9.59 Å². The number of aliphatic hydroxyl groups is 1. The third-order valence-electron chi connectivity index (χ3n) is 8.70. The molecule has 0 spiro atoms. The number of hydrogen-bond donors (Lipinski definition) is 1. The summed E-state index contributed by atoms with van der Waals surface area (Å²) in [5.74, 6) is -1.60. The van der Waals surface area contributed by atoms with Crippen molar-refractivity contribution in [2.24, 2.45) is 22.7 Å². The van der Waals surface area contributed by atoms with Gasteiger partial charge in [-0.2, -0.15) is 0 Å². The minimum Gasteiger partial charge on any atom is -0.469 e. The predicted octanol–water partition coefficient (Wildman–Crippen LogP) is 5.07. The number of aliphatic hydroxyl groups excluding tert-OH is 1. The van der Waals surface area contributed by atoms with E-state index in [0.717, 1.165) is 24.0 Å². The van der Waals surface area contributed by atoms with Crippen molar-refractivity contribution in [1.82, 2.24) is 0 Å². The monoisotopic (exact) mass is 494 g/mol. The molecule has 36 heavy (non-hydrogen) atoms. The molecule has 0 unspecified atom stereocenters. The summed E-state index contributed by atoms with van der Waals surface area (Å²) in [5, 5.41) is 11.5. The average Bonchev–Trinajstić information content (AvgIpc) is 2.86. The molecule has 0 heterocycles. The number of Topliss-reactive ketones (excluding diaryl/α,β-unsaturated/α-hetero) is 1. The van der Waals surface area contributed by atoms with Crippen LogP contribution in [0, 0.1) is 22.7 Å². The molecule has 1 aromatic rings. The van der Waals surface area contributed by atoms with E-state index in [0.29, 0.717) is 0 Å². The molecule has 1 N–H and O–H groups in total. The van der Waals surface area contributed by atoms with E-state index in [2.05, 4.69) is 17.4 Å². The largest absolute Gasteiger partial charge is 0.469 e. The van der Waals surface area contributed by atoms with E-state index in [1.54, 1.807) is 6.08 Å². The summed E-state index contributed by atoms with van der Waals surface area (Å²) in [5.41, 5.74) is 0.876. The van der Waals surface area contributed by atoms with E-state index in [1.165, 1.54) is 13.2 Å². The molecule has 0 aromatic heterocycles. The van der Waals surface area contributed by atoms with Crippen molar-refractivity contribution in [2.45, 2.75) is 65.6 Å². The summed E-state index contributed by atoms with van der Waals surface area (Å²) in [6, 6.07) is 9.47. The molecule has 6 heteroatoms. The molecule has 0 aliphatic heterocycles. The van der Waals surface area contributed by atoms with Crippen LogP contribution in [-0.4, -0.2) is 42.1 Å². The number of esters is 2. The van der Waals surface area contributed by atoms with Crippen LogP contribution in [-0.2, 0) is 23.9 Å². The number of fused-ring (bicyclic) bond motifs is 1. The number of hydrogen-bond acceptors (Lipinski definition) is 6. The van der Waals surface area contributed by atoms with Crippen molar-refractivity contribution in [3.63, 3.8) is 0 Å². The van der Waals surface area contributed by atoms with Gasteiger partial charge in [0.25, 0.3) is 0 Å². The summed E-state index contributed by atoms with van der Waals surface area (Å²) in [4.78, 5) is 37.7. The highest BCUT2D eigenvalue weighted by atomic mass is 16.6. The smallest absolute Gasteiger partial charge is 0.331 e. The lowest BCUT2D eigenvalue weighted by Crippen LogP contribution is -2.64. The fourth-order valence-corrected chi connectivity index (χ4v) is 6.21. The lowest BCUT2D eigenvalue weighted by molar-refractivity contribution is -0.209. The Hall–Kier alpha value is -2.99. The van der Waals surface area contributed by atoms with E-state index in [4.69, 9.17) is 4.74 Å². The number of methoxy groups -OCH3 is 1. The maximum atomic E-state index is 13.2. The molecule has 3 rings (SSSR count). The SMILES string of the molecule is C=C(CC(=O)OC)C(=O)C[C@@]1(C)[C@H](C)[C@@H](O)[C@H](OC(=O)/C=C/c2ccccc2)[C@@]2(C)C(C)=CCC[C@H]12. The number of ether oxygens (including phenoxy) is 2. The van der Waals surface area contributed by atoms with Gasteiger partial charge in [0, 0.05) is 17.9 Å². The Morgan fingerprint density at radius 2 is 1.86 bits per heavy atom. The summed E-state index contributed by atoms with van der Waals surface area (Å²) < 4.78 is 10.7. The number of allylic oxidation sites excluding steroid dienone is 1. The Bertz CT molecular complexity index is 1070. The van der Waals surface area contributed by atoms with Crippen molar-refractivity contribution in [3.8, 4) is 0 Å². The Morgan fingerprint density at radius 1 is 1.19 bits per heavy atom. The minimum atomic E-state index is -0.978. The van der Waals surface area contributed by atoms with Crippen LogP contribution in [0.2, 0.25) is 0 Å². The average molecular weight is 495 g/mol. The van der Waals surface area contributed by atoms with Gasteiger partial charge in [0.05, 0.1) is 19.6 Å². The van der Waals surface area contributed by atoms with Gasteiger partial charge < -0.3 is 14.6 Å². The van der Waals surface area contributed by atoms with Crippen molar-refractivity contribution < 1.29 is 29.0 Å². The Kier molecular flexibility index (Phi) is 8.40. The van der Waals surface area contributed by atoms with Gasteiger partial charge in [0.2, 0.25) is 0 Å². The molecule has 6 nitrogen and oxygen atoms in total. The standard InChI is InChI=1S/C30H38O6/c1-19(17-26(33)35-6)23(31)18-29(4)21(3)27(34)28(30(5)20(2)11-10-14-24(29)30)36-25(32)16-15-22-12-8-7-9-13-22/h7-9,11-13,15-16,21,24,27-28,34H,1,10,14,17-18H2,2-6H3/b16-15+/t21-,24-,27-,28+,29+,30+/m1/s1. The summed E-state index contributed by atoms with van der Waals surface area (Å²) >= 11 is 0. The first kappa shape index (κ1) is 27.6. The van der Waals surface area contributed by atoms with E-state index < -0.39 is 35.0 Å². The van der Waals surface area contributed by atoms with Gasteiger partial charge in [-0.1, -0.05) is 69.3 Å². The van der Waals surface area contributed by atoms with Crippen molar-refractivity contribution >= 4 is 23.8 Å². The minimum absolute atomic E-state index is 0.0285. The number of rotatable bonds is 8. The first-order valence-electron chi connectivity index (χ1n) is 12.5. The molecule has 1 saturated carbocycles. The topological polar surface area (TPSA) is 89.9 Å². The van der Waals surface area contributed by atoms with Crippen LogP contribution in [0.4, 0.5) is 0 Å². The Labute approximate surface area is 214 Å². The normalized spacial score (nSPS) is 31.8. The highest BCUT2D eigenvalue weighted by molar-refractivity contribution is 5.99. The van der Waals surface area contributed by atoms with Gasteiger partial charge in [-0.25, -0.2) is 4.79 Å². The molecule has 1 aromatic carbocycles. The third kappa shape index (κ3) is 5.24. The molecular formula is C30H38O6. The second-order valence-electron chi connectivity index (χ2n) is 10.6. The van der Waals surface area contributed by atoms with Crippen LogP contribution in [0.15, 0.2) is 60.2 Å². The van der Waals surface area contributed by atoms with Gasteiger partial charge in [-0.15, -0.1) is 0 Å². The van der Waals surface area contributed by atoms with E-state index in [1.807, 2.05) is 58.0 Å². The Balaban J connectivity index is 1.89. The fourth-order valence-electron chi connectivity index (χ4n) is 6.21. The zero-order chi connectivity index (χ0) is 26.7. The Morgan fingerprint density at radius 3 is 2.50 bits per heavy atom. The lowest BCUT2D eigenvalue weighted by atomic mass is 9.45. The van der Waals surface area contributed by atoms with Gasteiger partial charge in [0.1, 0.15) is 6.10 Å². The highest BCUT2D eigenvalue weighted by Crippen LogP contribution is 2.62. The lowest BCUT2D eigenvalue weighted by Gasteiger charge is -2.61. The third-order valence-corrected chi connectivity index (χ3v) is 8.70. The fraction of sp³-hybridized carbons (Fsp3) is 0.500. The molecule has 0 bridgehead atoms. The summed E-state index contributed by atoms with van der Waals surface area (Å²) in [6.07, 6.45) is 5.11. The maximum Gasteiger partial charge on any atom is 0.331 e. The molecule has 6 atom stereocenters. The summed E-state index contributed by atoms with van der Waals surface area (Å²) in [7, 11) is 1.28. The number of carbonyl (C=O) groups is 3. The van der Waals surface area contributed by atoms with Crippen molar-refractivity contribution in [2.75, 3.05) is 7.11 Å². The second-order valence-corrected chi connectivity index (χ2v) is 10.6. The predicted molar refractivity (Wildman–Crippen MR) is 139 cm³/mol. The molecule has 0 radical (unpaired) electrons. The number of benzene rings is 1. The van der Waals surface area contributed by atoms with Gasteiger partial charge in [-0.05, 0) is 54.2 Å². The quantitative estimate of drug-likeness (QED) is 0.308. The molecular weight excluding hydrogens is 456 g/mol. The number of carbonyl (C=O) groups excluding carboxylic acids is 3. The molecule has 0 saturated heterocycles. The van der Waals surface area contributed by atoms with Crippen molar-refractivity contribution in [1.29, 1.82) is 0 Å². The summed E-state index contributed by atoms with van der Waals surface area (Å²) in [6.45, 7) is 11.8. The van der Waals surface area contributed by atoms with Crippen LogP contribution in [0.3, 0.4) is 0 Å². The van der Waals surface area contributed by atoms with Crippen LogP contribution in [0.25, 0.3) is 6.08 Å². The first-order chi connectivity index (χ1) is 16.9. The molecule has 2 aliphatic rings. The van der Waals surface area contributed by atoms with Crippen LogP contribution in [0.1, 0.15) is 58.9 Å². The van der Waals surface area contributed by atoms with Crippen LogP contribution in [0.5, 0.6) is 0 Å². The van der Waals surface area contributed by atoms with Crippen LogP contribution >= 0.6 is 0 Å². The second kappa shape index (κ2) is 11.0. The van der Waals surface area contributed by atoms with Gasteiger partial charge >= 0.3 is 11.9 Å². The van der Waals surface area contributed by atoms with Crippen molar-refractivity contribution in [3.05, 3.63) is 65.8 Å². The molecule has 0 amide bonds. The van der Waals surface area contributed by atoms with Gasteiger partial charge in [0.15, 0.2) is 5.78 Å². The van der Waals surface area contributed by atoms with E-state index in [-0.39, 0.29) is 36.0 Å². The number of ketones is 1. The van der Waals surface area contributed by atoms with E-state index >= 15 is 0 Å². The molecule has 2 aliphatic carbocycles. The zero-order valence-corrected chi connectivity index (χ0v) is 22.0. The first-order valence-corrected chi connectivity index (χ1v) is 12.5. The maximum absolute atomic E-state index is 13.2. The van der Waals surface area contributed by atoms with E-state index in [9.17, 15) is 19.5 Å². The highest BCUT2D eigenvalue weighted by Gasteiger charge is 2.63. The molecule has 1 fully saturated rings.